The van der Waals surface area contributed by atoms with Gasteiger partial charge in [-0.1, -0.05) is 31.2 Å². The second-order valence-electron chi connectivity index (χ2n) is 7.73. The Balaban J connectivity index is 1.62. The first-order chi connectivity index (χ1) is 11.8. The number of fused-ring (bicyclic) bond motifs is 1. The molecule has 0 fully saturated rings. The zero-order valence-corrected chi connectivity index (χ0v) is 15.4. The third-order valence-corrected chi connectivity index (χ3v) is 4.16. The molecule has 0 saturated carbocycles. The van der Waals surface area contributed by atoms with Gasteiger partial charge in [0, 0.05) is 25.1 Å². The summed E-state index contributed by atoms with van der Waals surface area (Å²) in [5, 5.41) is 7.38. The van der Waals surface area contributed by atoms with Crippen molar-refractivity contribution in [3.8, 4) is 11.4 Å². The van der Waals surface area contributed by atoms with E-state index in [1.165, 1.54) is 0 Å². The van der Waals surface area contributed by atoms with E-state index in [4.69, 9.17) is 4.74 Å². The van der Waals surface area contributed by atoms with Crippen molar-refractivity contribution in [2.75, 3.05) is 0 Å². The van der Waals surface area contributed by atoms with Gasteiger partial charge in [-0.25, -0.2) is 14.5 Å². The smallest absolute Gasteiger partial charge is 0.407 e. The molecule has 2 heterocycles. The summed E-state index contributed by atoms with van der Waals surface area (Å²) in [5.41, 5.74) is 1.51. The third kappa shape index (κ3) is 4.59. The van der Waals surface area contributed by atoms with Crippen molar-refractivity contribution in [2.45, 2.75) is 59.2 Å². The maximum atomic E-state index is 11.7. The Morgan fingerprint density at radius 3 is 2.72 bits per heavy atom. The molecule has 1 unspecified atom stereocenters. The second-order valence-corrected chi connectivity index (χ2v) is 7.73. The number of hydrogen-bond acceptors (Lipinski definition) is 4. The van der Waals surface area contributed by atoms with E-state index in [1.807, 2.05) is 49.7 Å². The van der Waals surface area contributed by atoms with Gasteiger partial charge in [-0.2, -0.15) is 5.10 Å². The van der Waals surface area contributed by atoms with Crippen LogP contribution in [0.4, 0.5) is 4.79 Å². The van der Waals surface area contributed by atoms with E-state index < -0.39 is 11.7 Å². The summed E-state index contributed by atoms with van der Waals surface area (Å²) in [6.45, 7) is 9.17. The van der Waals surface area contributed by atoms with E-state index in [2.05, 4.69) is 22.3 Å². The molecule has 1 aromatic heterocycles. The Hall–Kier alpha value is -2.37. The zero-order chi connectivity index (χ0) is 18.0. The summed E-state index contributed by atoms with van der Waals surface area (Å²) in [7, 11) is 0. The van der Waals surface area contributed by atoms with E-state index in [1.54, 1.807) is 0 Å². The molecule has 2 aromatic rings. The fourth-order valence-electron chi connectivity index (χ4n) is 2.84. The van der Waals surface area contributed by atoms with Crippen LogP contribution in [0, 0.1) is 5.92 Å². The van der Waals surface area contributed by atoms with Crippen LogP contribution in [-0.4, -0.2) is 26.5 Å². The topological polar surface area (TPSA) is 69.0 Å². The molecule has 6 heteroatoms. The first-order valence-corrected chi connectivity index (χ1v) is 8.80. The van der Waals surface area contributed by atoms with E-state index in [9.17, 15) is 4.79 Å². The number of aryl methyl sites for hydroxylation is 1. The highest BCUT2D eigenvalue weighted by molar-refractivity contribution is 5.67. The number of carbonyl (C=O) groups is 1. The summed E-state index contributed by atoms with van der Waals surface area (Å²) < 4.78 is 7.26. The lowest BCUT2D eigenvalue weighted by Crippen LogP contribution is -2.32. The molecule has 25 heavy (non-hydrogen) atoms. The van der Waals surface area contributed by atoms with Gasteiger partial charge in [0.15, 0.2) is 5.82 Å². The first kappa shape index (κ1) is 17.5. The zero-order valence-electron chi connectivity index (χ0n) is 15.4. The minimum Gasteiger partial charge on any atom is -0.444 e. The monoisotopic (exact) mass is 342 g/mol. The van der Waals surface area contributed by atoms with Gasteiger partial charge in [-0.05, 0) is 38.7 Å². The highest BCUT2D eigenvalue weighted by Crippen LogP contribution is 2.22. The van der Waals surface area contributed by atoms with Crippen molar-refractivity contribution < 1.29 is 9.53 Å². The third-order valence-electron chi connectivity index (χ3n) is 4.16. The van der Waals surface area contributed by atoms with Gasteiger partial charge in [0.25, 0.3) is 0 Å². The molecule has 1 amide bonds. The second kappa shape index (κ2) is 6.86. The van der Waals surface area contributed by atoms with E-state index in [0.29, 0.717) is 12.5 Å². The Bertz CT molecular complexity index is 744. The molecule has 0 radical (unpaired) electrons. The molecule has 1 N–H and O–H groups in total. The van der Waals surface area contributed by atoms with Crippen LogP contribution in [0.1, 0.15) is 45.5 Å². The number of amides is 1. The van der Waals surface area contributed by atoms with Crippen LogP contribution >= 0.6 is 0 Å². The average molecular weight is 342 g/mol. The molecule has 6 nitrogen and oxygen atoms in total. The van der Waals surface area contributed by atoms with Crippen LogP contribution in [0.2, 0.25) is 0 Å². The van der Waals surface area contributed by atoms with Gasteiger partial charge in [0.2, 0.25) is 0 Å². The molecule has 134 valence electrons. The van der Waals surface area contributed by atoms with Gasteiger partial charge >= 0.3 is 6.09 Å². The largest absolute Gasteiger partial charge is 0.444 e. The normalized spacial score (nSPS) is 17.0. The fraction of sp³-hybridized carbons (Fsp3) is 0.526. The number of hydrogen-bond donors (Lipinski definition) is 1. The molecule has 0 aliphatic carbocycles. The number of nitrogens with zero attached hydrogens (tertiary/aromatic N) is 3. The Kier molecular flexibility index (Phi) is 4.79. The van der Waals surface area contributed by atoms with Crippen molar-refractivity contribution in [3.63, 3.8) is 0 Å². The molecule has 0 spiro atoms. The summed E-state index contributed by atoms with van der Waals surface area (Å²) in [4.78, 5) is 16.4. The SMILES string of the molecule is CC1CCn2nc(-c3ccc(CNC(=O)OC(C)(C)C)cc3)nc2C1. The predicted octanol–water partition coefficient (Wildman–Crippen LogP) is 3.55. The molecule has 1 aromatic carbocycles. The molecule has 0 bridgehead atoms. The summed E-state index contributed by atoms with van der Waals surface area (Å²) in [6.07, 6.45) is 1.74. The quantitative estimate of drug-likeness (QED) is 0.926. The van der Waals surface area contributed by atoms with Crippen LogP contribution in [0.15, 0.2) is 24.3 Å². The fourth-order valence-corrected chi connectivity index (χ4v) is 2.84. The van der Waals surface area contributed by atoms with Crippen molar-refractivity contribution in [2.24, 2.45) is 5.92 Å². The number of ether oxygens (including phenoxy) is 1. The van der Waals surface area contributed by atoms with Crippen molar-refractivity contribution in [3.05, 3.63) is 35.7 Å². The van der Waals surface area contributed by atoms with Gasteiger partial charge in [-0.3, -0.25) is 0 Å². The number of aromatic nitrogens is 3. The Morgan fingerprint density at radius 1 is 1.32 bits per heavy atom. The highest BCUT2D eigenvalue weighted by Gasteiger charge is 2.19. The van der Waals surface area contributed by atoms with E-state index in [-0.39, 0.29) is 0 Å². The molecule has 0 saturated heterocycles. The van der Waals surface area contributed by atoms with Gasteiger partial charge in [0.05, 0.1) is 0 Å². The minimum atomic E-state index is -0.489. The average Bonchev–Trinajstić information content (AvgIpc) is 2.95. The Morgan fingerprint density at radius 2 is 2.04 bits per heavy atom. The van der Waals surface area contributed by atoms with Crippen molar-refractivity contribution in [1.82, 2.24) is 20.1 Å². The van der Waals surface area contributed by atoms with Crippen LogP contribution < -0.4 is 5.32 Å². The lowest BCUT2D eigenvalue weighted by molar-refractivity contribution is 0.0523. The number of carbonyl (C=O) groups excluding carboxylic acids is 1. The number of benzene rings is 1. The first-order valence-electron chi connectivity index (χ1n) is 8.80. The van der Waals surface area contributed by atoms with Crippen LogP contribution in [0.5, 0.6) is 0 Å². The predicted molar refractivity (Wildman–Crippen MR) is 96.0 cm³/mol. The maximum Gasteiger partial charge on any atom is 0.407 e. The molecular formula is C19H26N4O2. The van der Waals surface area contributed by atoms with E-state index >= 15 is 0 Å². The Labute approximate surface area is 148 Å². The minimum absolute atomic E-state index is 0.408. The molecule has 1 aliphatic heterocycles. The highest BCUT2D eigenvalue weighted by atomic mass is 16.6. The molecule has 1 aliphatic rings. The van der Waals surface area contributed by atoms with Crippen LogP contribution in [0.3, 0.4) is 0 Å². The number of alkyl carbamates (subject to hydrolysis) is 1. The maximum absolute atomic E-state index is 11.7. The summed E-state index contributed by atoms with van der Waals surface area (Å²) in [5.74, 6) is 2.52. The number of rotatable bonds is 3. The van der Waals surface area contributed by atoms with Gasteiger partial charge < -0.3 is 10.1 Å². The lowest BCUT2D eigenvalue weighted by atomic mass is 10.0. The molecule has 1 atom stereocenters. The summed E-state index contributed by atoms with van der Waals surface area (Å²) >= 11 is 0. The van der Waals surface area contributed by atoms with Gasteiger partial charge in [0.1, 0.15) is 11.4 Å². The standard InChI is InChI=1S/C19H26N4O2/c1-13-9-10-23-16(11-13)21-17(22-23)15-7-5-14(6-8-15)12-20-18(24)25-19(2,3)4/h5-8,13H,9-12H2,1-4H3,(H,20,24). The van der Waals surface area contributed by atoms with Crippen LogP contribution in [0.25, 0.3) is 11.4 Å². The van der Waals surface area contributed by atoms with E-state index in [0.717, 1.165) is 42.2 Å². The van der Waals surface area contributed by atoms with Gasteiger partial charge in [-0.15, -0.1) is 0 Å². The lowest BCUT2D eigenvalue weighted by Gasteiger charge is -2.19. The molecular weight excluding hydrogens is 316 g/mol. The molecule has 3 rings (SSSR count). The van der Waals surface area contributed by atoms with Crippen LogP contribution in [-0.2, 0) is 24.2 Å². The number of nitrogens with one attached hydrogen (secondary N) is 1. The summed E-state index contributed by atoms with van der Waals surface area (Å²) in [6, 6.07) is 7.96. The van der Waals surface area contributed by atoms with Crippen molar-refractivity contribution in [1.29, 1.82) is 0 Å². The van der Waals surface area contributed by atoms with Crippen molar-refractivity contribution >= 4 is 6.09 Å².